The quantitative estimate of drug-likeness (QED) is 0.200. The molecule has 1 unspecified atom stereocenters. The summed E-state index contributed by atoms with van der Waals surface area (Å²) in [6.45, 7) is 1.31. The summed E-state index contributed by atoms with van der Waals surface area (Å²) in [6.07, 6.45) is 0.699. The molecule has 0 N–H and O–H groups in total. The maximum absolute atomic E-state index is 12.8. The van der Waals surface area contributed by atoms with Gasteiger partial charge in [0, 0.05) is 13.0 Å². The van der Waals surface area contributed by atoms with Crippen LogP contribution in [0.15, 0.2) is 11.6 Å². The summed E-state index contributed by atoms with van der Waals surface area (Å²) in [7, 11) is -3.28. The Kier molecular flexibility index (Phi) is 6.10. The second-order valence-corrected chi connectivity index (χ2v) is 8.02. The van der Waals surface area contributed by atoms with Gasteiger partial charge in [-0.05, 0) is 6.92 Å². The van der Waals surface area contributed by atoms with Gasteiger partial charge in [0.2, 0.25) is 0 Å². The molecule has 2 rings (SSSR count). The van der Waals surface area contributed by atoms with E-state index in [0.29, 0.717) is 11.0 Å². The molecular formula is C13H14NNaO9S. The summed E-state index contributed by atoms with van der Waals surface area (Å²) < 4.78 is 32.4. The first kappa shape index (κ1) is 21.6. The maximum Gasteiger partial charge on any atom is 1.00 e. The van der Waals surface area contributed by atoms with Crippen molar-refractivity contribution in [1.82, 2.24) is 4.90 Å². The first-order valence-electron chi connectivity index (χ1n) is 6.69. The number of fused-ring (bicyclic) bond motifs is 1. The fourth-order valence-electron chi connectivity index (χ4n) is 2.81. The zero-order valence-corrected chi connectivity index (χ0v) is 16.8. The zero-order chi connectivity index (χ0) is 18.4. The van der Waals surface area contributed by atoms with Crippen LogP contribution in [0, 0.1) is 0 Å². The van der Waals surface area contributed by atoms with Gasteiger partial charge in [-0.15, -0.1) is 0 Å². The van der Waals surface area contributed by atoms with Crippen molar-refractivity contribution in [1.29, 1.82) is 0 Å². The number of carbonyl (C=O) groups is 4. The number of carbonyl (C=O) groups excluding carboxylic acids is 4. The van der Waals surface area contributed by atoms with Crippen molar-refractivity contribution in [3.05, 3.63) is 11.6 Å². The molecule has 12 heteroatoms. The molecule has 0 saturated carbocycles. The van der Waals surface area contributed by atoms with Crippen LogP contribution in [0.3, 0.4) is 0 Å². The Morgan fingerprint density at radius 2 is 1.92 bits per heavy atom. The Morgan fingerprint density at radius 3 is 2.36 bits per heavy atom. The van der Waals surface area contributed by atoms with Gasteiger partial charge >= 0.3 is 41.5 Å². The Balaban J connectivity index is 0.00000312. The van der Waals surface area contributed by atoms with Crippen molar-refractivity contribution in [2.45, 2.75) is 30.0 Å². The molecule has 2 heterocycles. The maximum atomic E-state index is 12.8. The van der Waals surface area contributed by atoms with Gasteiger partial charge in [0.25, 0.3) is 5.91 Å². The number of esters is 2. The first-order chi connectivity index (χ1) is 11.0. The zero-order valence-electron chi connectivity index (χ0n) is 14.0. The van der Waals surface area contributed by atoms with Crippen molar-refractivity contribution in [2.75, 3.05) is 13.7 Å². The molecule has 0 bridgehead atoms. The average Bonchev–Trinajstić information content (AvgIpc) is 2.65. The fourth-order valence-corrected chi connectivity index (χ4v) is 5.08. The molecule has 0 aromatic carbocycles. The molecule has 2 fully saturated rings. The summed E-state index contributed by atoms with van der Waals surface area (Å²) in [5.74, 6) is -4.50. The number of hydrogen-bond acceptors (Lipinski definition) is 9. The van der Waals surface area contributed by atoms with Crippen LogP contribution in [-0.2, 0) is 38.5 Å². The van der Waals surface area contributed by atoms with Gasteiger partial charge < -0.3 is 24.3 Å². The molecule has 1 amide bonds. The number of carboxylic acids is 1. The summed E-state index contributed by atoms with van der Waals surface area (Å²) in [6, 6.07) is -1.85. The Hall–Kier alpha value is -1.43. The van der Waals surface area contributed by atoms with Crippen molar-refractivity contribution < 1.29 is 71.7 Å². The molecule has 132 valence electrons. The monoisotopic (exact) mass is 383 g/mol. The molecule has 0 aliphatic carbocycles. The van der Waals surface area contributed by atoms with Gasteiger partial charge in [0.15, 0.2) is 15.2 Å². The number of hydrogen-bond donors (Lipinski definition) is 0. The molecule has 3 atom stereocenters. The number of sulfone groups is 1. The Bertz CT molecular complexity index is 774. The number of β-lactam (4-membered cyclic amide) rings is 1. The minimum atomic E-state index is -4.32. The molecule has 0 aromatic heterocycles. The number of aliphatic carboxylic acids is 1. The third-order valence-corrected chi connectivity index (χ3v) is 6.77. The fraction of sp³-hybridized carbons (Fsp3) is 0.538. The van der Waals surface area contributed by atoms with E-state index >= 15 is 0 Å². The second kappa shape index (κ2) is 7.06. The summed E-state index contributed by atoms with van der Waals surface area (Å²) in [5.41, 5.74) is -0.403. The number of nitrogens with zero attached hydrogens (tertiary/aromatic N) is 1. The number of carboxylic acid groups (broad SMARTS) is 1. The Labute approximate surface area is 165 Å². The van der Waals surface area contributed by atoms with Crippen LogP contribution in [0.25, 0.3) is 0 Å². The van der Waals surface area contributed by atoms with Crippen molar-refractivity contribution in [3.63, 3.8) is 0 Å². The minimum absolute atomic E-state index is 0. The van der Waals surface area contributed by atoms with Crippen LogP contribution in [0.4, 0.5) is 0 Å². The standard InChI is InChI=1S/C13H15NO9S.Na/c1-6(15)23-5-13(2)9(12(18)19)14-10(17)7(4-8(16)22-3)11(14)24(13,20)21;/h4,9,11H,5H2,1-3H3,(H,18,19);/q;+1/p-1/b7-4-;/t9-,11?,13-;/m0./s1. The first-order valence-corrected chi connectivity index (χ1v) is 8.23. The molecule has 10 nitrogen and oxygen atoms in total. The third kappa shape index (κ3) is 3.09. The van der Waals surface area contributed by atoms with Gasteiger partial charge in [-0.1, -0.05) is 0 Å². The molecule has 0 aromatic rings. The van der Waals surface area contributed by atoms with Gasteiger partial charge in [-0.3, -0.25) is 9.59 Å². The van der Waals surface area contributed by atoms with E-state index in [1.165, 1.54) is 0 Å². The van der Waals surface area contributed by atoms with E-state index in [4.69, 9.17) is 0 Å². The van der Waals surface area contributed by atoms with E-state index in [9.17, 15) is 32.7 Å². The van der Waals surface area contributed by atoms with Gasteiger partial charge in [-0.25, -0.2) is 13.2 Å². The number of amides is 1. The van der Waals surface area contributed by atoms with Gasteiger partial charge in [0.05, 0.1) is 24.7 Å². The van der Waals surface area contributed by atoms with Crippen LogP contribution in [0.5, 0.6) is 0 Å². The number of ether oxygens (including phenoxy) is 2. The van der Waals surface area contributed by atoms with Gasteiger partial charge in [-0.2, -0.15) is 0 Å². The smallest absolute Gasteiger partial charge is 0.548 e. The van der Waals surface area contributed by atoms with Crippen molar-refractivity contribution in [2.24, 2.45) is 0 Å². The predicted octanol–water partition coefficient (Wildman–Crippen LogP) is -5.87. The molecule has 0 spiro atoms. The van der Waals surface area contributed by atoms with E-state index in [0.717, 1.165) is 21.0 Å². The van der Waals surface area contributed by atoms with E-state index in [2.05, 4.69) is 9.47 Å². The molecule has 2 aliphatic rings. The SMILES string of the molecule is COC(=O)/C=C1/C(=O)N2C1S(=O)(=O)[C@@](C)(COC(C)=O)[C@@H]2C(=O)[O-].[Na+]. The molecule has 2 saturated heterocycles. The number of rotatable bonds is 4. The topological polar surface area (TPSA) is 147 Å². The summed E-state index contributed by atoms with van der Waals surface area (Å²) in [4.78, 5) is 46.4. The van der Waals surface area contributed by atoms with E-state index in [1.54, 1.807) is 0 Å². The van der Waals surface area contributed by atoms with Crippen molar-refractivity contribution in [3.8, 4) is 0 Å². The average molecular weight is 383 g/mol. The second-order valence-electron chi connectivity index (χ2n) is 5.55. The van der Waals surface area contributed by atoms with E-state index < -0.39 is 62.0 Å². The molecule has 2 aliphatic heterocycles. The molecule has 0 radical (unpaired) electrons. The van der Waals surface area contributed by atoms with Crippen LogP contribution in [0.1, 0.15) is 13.8 Å². The minimum Gasteiger partial charge on any atom is -0.548 e. The van der Waals surface area contributed by atoms with Crippen LogP contribution >= 0.6 is 0 Å². The van der Waals surface area contributed by atoms with Gasteiger partial charge in [0.1, 0.15) is 11.4 Å². The molecule has 25 heavy (non-hydrogen) atoms. The third-order valence-electron chi connectivity index (χ3n) is 4.06. The summed E-state index contributed by atoms with van der Waals surface area (Å²) in [5, 5.41) is 9.82. The predicted molar refractivity (Wildman–Crippen MR) is 73.5 cm³/mol. The van der Waals surface area contributed by atoms with E-state index in [1.807, 2.05) is 0 Å². The van der Waals surface area contributed by atoms with Crippen LogP contribution in [-0.4, -0.2) is 67.0 Å². The van der Waals surface area contributed by atoms with Crippen LogP contribution < -0.4 is 34.7 Å². The Morgan fingerprint density at radius 1 is 1.36 bits per heavy atom. The normalized spacial score (nSPS) is 30.8. The number of methoxy groups -OCH3 is 1. The molecular weight excluding hydrogens is 369 g/mol. The summed E-state index contributed by atoms with van der Waals surface area (Å²) >= 11 is 0. The van der Waals surface area contributed by atoms with Crippen molar-refractivity contribution >= 4 is 33.7 Å². The largest absolute Gasteiger partial charge is 1.00 e. The van der Waals surface area contributed by atoms with E-state index in [-0.39, 0.29) is 29.6 Å². The van der Waals surface area contributed by atoms with Crippen LogP contribution in [0.2, 0.25) is 0 Å².